The van der Waals surface area contributed by atoms with Crippen LogP contribution >= 0.6 is 0 Å². The van der Waals surface area contributed by atoms with E-state index >= 15 is 0 Å². The van der Waals surface area contributed by atoms with Crippen LogP contribution < -0.4 is 16.2 Å². The number of anilines is 1. The fourth-order valence-corrected chi connectivity index (χ4v) is 2.38. The Bertz CT molecular complexity index is 766. The number of primary amides is 1. The second-order valence-electron chi connectivity index (χ2n) is 3.94. The minimum atomic E-state index is -3.56. The average Bonchev–Trinajstić information content (AvgIpc) is 2.88. The Morgan fingerprint density at radius 1 is 1.35 bits per heavy atom. The van der Waals surface area contributed by atoms with Crippen LogP contribution in [0, 0.1) is 0 Å². The van der Waals surface area contributed by atoms with E-state index in [2.05, 4.69) is 9.82 Å². The molecule has 0 fully saturated rings. The molecule has 2 aromatic rings. The van der Waals surface area contributed by atoms with E-state index in [1.807, 2.05) is 0 Å². The van der Waals surface area contributed by atoms with Gasteiger partial charge in [-0.05, 0) is 31.3 Å². The van der Waals surface area contributed by atoms with Crippen LogP contribution in [0.25, 0.3) is 5.69 Å². The van der Waals surface area contributed by atoms with E-state index in [-0.39, 0.29) is 16.3 Å². The van der Waals surface area contributed by atoms with Gasteiger partial charge in [0.25, 0.3) is 5.91 Å². The van der Waals surface area contributed by atoms with Crippen molar-refractivity contribution in [2.75, 3.05) is 12.8 Å². The van der Waals surface area contributed by atoms with Gasteiger partial charge in [0.2, 0.25) is 10.0 Å². The Morgan fingerprint density at radius 2 is 2.05 bits per heavy atom. The van der Waals surface area contributed by atoms with Crippen molar-refractivity contribution in [3.63, 3.8) is 0 Å². The minimum Gasteiger partial charge on any atom is -0.397 e. The molecular weight excluding hydrogens is 282 g/mol. The van der Waals surface area contributed by atoms with Crippen molar-refractivity contribution in [2.45, 2.75) is 4.90 Å². The zero-order chi connectivity index (χ0) is 14.9. The second kappa shape index (κ2) is 4.94. The Morgan fingerprint density at radius 3 is 2.55 bits per heavy atom. The van der Waals surface area contributed by atoms with Crippen molar-refractivity contribution in [1.82, 2.24) is 14.5 Å². The number of amides is 1. The zero-order valence-corrected chi connectivity index (χ0v) is 11.4. The molecule has 1 aromatic carbocycles. The second-order valence-corrected chi connectivity index (χ2v) is 5.82. The summed E-state index contributed by atoms with van der Waals surface area (Å²) >= 11 is 0. The fourth-order valence-electron chi connectivity index (χ4n) is 1.62. The van der Waals surface area contributed by atoms with Crippen molar-refractivity contribution < 1.29 is 13.2 Å². The molecule has 8 nitrogen and oxygen atoms in total. The fraction of sp³-hybridized carbons (Fsp3) is 0.0909. The molecule has 1 amide bonds. The molecule has 0 bridgehead atoms. The molecular formula is C11H13N5O3S. The molecule has 0 atom stereocenters. The first kappa shape index (κ1) is 14.0. The van der Waals surface area contributed by atoms with Gasteiger partial charge >= 0.3 is 0 Å². The number of nitrogens with two attached hydrogens (primary N) is 2. The first-order chi connectivity index (χ1) is 9.35. The van der Waals surface area contributed by atoms with E-state index in [4.69, 9.17) is 11.5 Å². The van der Waals surface area contributed by atoms with Crippen LogP contribution in [0.1, 0.15) is 10.5 Å². The molecule has 0 aliphatic rings. The van der Waals surface area contributed by atoms with Gasteiger partial charge < -0.3 is 11.5 Å². The van der Waals surface area contributed by atoms with Crippen LogP contribution in [-0.2, 0) is 10.0 Å². The molecule has 20 heavy (non-hydrogen) atoms. The molecule has 0 aliphatic heterocycles. The lowest BCUT2D eigenvalue weighted by molar-refractivity contribution is 0.0995. The molecule has 0 saturated heterocycles. The topological polar surface area (TPSA) is 133 Å². The number of hydrogen-bond donors (Lipinski definition) is 3. The molecule has 0 radical (unpaired) electrons. The van der Waals surface area contributed by atoms with Crippen LogP contribution in [-0.4, -0.2) is 31.2 Å². The van der Waals surface area contributed by atoms with Crippen molar-refractivity contribution in [3.05, 3.63) is 36.2 Å². The third-order valence-electron chi connectivity index (χ3n) is 2.67. The van der Waals surface area contributed by atoms with E-state index in [0.29, 0.717) is 5.69 Å². The summed E-state index contributed by atoms with van der Waals surface area (Å²) in [4.78, 5) is 11.0. The number of carbonyl (C=O) groups is 1. The number of sulfonamides is 1. The Labute approximate surface area is 115 Å². The van der Waals surface area contributed by atoms with Crippen LogP contribution in [0.15, 0.2) is 35.4 Å². The van der Waals surface area contributed by atoms with Gasteiger partial charge in [0, 0.05) is 6.20 Å². The largest absolute Gasteiger partial charge is 0.397 e. The van der Waals surface area contributed by atoms with Gasteiger partial charge in [-0.15, -0.1) is 0 Å². The van der Waals surface area contributed by atoms with E-state index < -0.39 is 15.9 Å². The highest BCUT2D eigenvalue weighted by Crippen LogP contribution is 2.21. The van der Waals surface area contributed by atoms with E-state index in [1.54, 1.807) is 0 Å². The number of nitrogens with zero attached hydrogens (tertiary/aromatic N) is 2. The number of benzene rings is 1. The van der Waals surface area contributed by atoms with E-state index in [1.165, 1.54) is 42.2 Å². The summed E-state index contributed by atoms with van der Waals surface area (Å²) in [6.07, 6.45) is 1.51. The predicted molar refractivity (Wildman–Crippen MR) is 72.7 cm³/mol. The third-order valence-corrected chi connectivity index (χ3v) is 4.08. The van der Waals surface area contributed by atoms with Gasteiger partial charge in [-0.2, -0.15) is 5.10 Å². The molecule has 0 spiro atoms. The summed E-state index contributed by atoms with van der Waals surface area (Å²) in [5.41, 5.74) is 11.7. The maximum atomic E-state index is 11.6. The number of aromatic nitrogens is 2. The summed E-state index contributed by atoms with van der Waals surface area (Å²) in [6.45, 7) is 0. The Kier molecular flexibility index (Phi) is 3.47. The highest BCUT2D eigenvalue weighted by Gasteiger charge is 2.14. The number of nitrogen functional groups attached to an aromatic ring is 1. The zero-order valence-electron chi connectivity index (χ0n) is 10.6. The summed E-state index contributed by atoms with van der Waals surface area (Å²) in [5.74, 6) is -0.656. The lowest BCUT2D eigenvalue weighted by Crippen LogP contribution is -2.19. The lowest BCUT2D eigenvalue weighted by atomic mass is 10.3. The van der Waals surface area contributed by atoms with Gasteiger partial charge in [0.1, 0.15) is 5.69 Å². The van der Waals surface area contributed by atoms with Crippen LogP contribution in [0.5, 0.6) is 0 Å². The number of nitrogens with one attached hydrogen (secondary N) is 1. The quantitative estimate of drug-likeness (QED) is 0.651. The monoisotopic (exact) mass is 295 g/mol. The normalized spacial score (nSPS) is 11.4. The Hall–Kier alpha value is -2.39. The van der Waals surface area contributed by atoms with Crippen LogP contribution in [0.2, 0.25) is 0 Å². The highest BCUT2D eigenvalue weighted by atomic mass is 32.2. The lowest BCUT2D eigenvalue weighted by Gasteiger charge is -2.08. The van der Waals surface area contributed by atoms with Crippen molar-refractivity contribution in [2.24, 2.45) is 5.73 Å². The molecule has 9 heteroatoms. The molecule has 1 aromatic heterocycles. The van der Waals surface area contributed by atoms with Gasteiger partial charge in [-0.1, -0.05) is 0 Å². The van der Waals surface area contributed by atoms with E-state index in [9.17, 15) is 13.2 Å². The summed E-state index contributed by atoms with van der Waals surface area (Å²) < 4.78 is 26.8. The van der Waals surface area contributed by atoms with Gasteiger partial charge in [0.15, 0.2) is 0 Å². The molecule has 0 aliphatic carbocycles. The van der Waals surface area contributed by atoms with Crippen molar-refractivity contribution in [3.8, 4) is 5.69 Å². The summed E-state index contributed by atoms with van der Waals surface area (Å²) in [6, 6.07) is 5.65. The SMILES string of the molecule is CNS(=O)(=O)c1ccc(-n2ccc(C(N)=O)n2)c(N)c1. The van der Waals surface area contributed by atoms with Gasteiger partial charge in [-0.3, -0.25) is 4.79 Å². The first-order valence-corrected chi connectivity index (χ1v) is 7.02. The molecule has 1 heterocycles. The first-order valence-electron chi connectivity index (χ1n) is 5.54. The number of hydrogen-bond acceptors (Lipinski definition) is 5. The third kappa shape index (κ3) is 2.49. The molecule has 106 valence electrons. The standard InChI is InChI=1S/C11H13N5O3S/c1-14-20(18,19)7-2-3-10(8(12)6-7)16-5-4-9(15-16)11(13)17/h2-6,14H,12H2,1H3,(H2,13,17). The van der Waals surface area contributed by atoms with E-state index in [0.717, 1.165) is 0 Å². The number of carbonyl (C=O) groups excluding carboxylic acids is 1. The molecule has 0 unspecified atom stereocenters. The summed E-state index contributed by atoms with van der Waals surface area (Å²) in [7, 11) is -2.25. The minimum absolute atomic E-state index is 0.0449. The van der Waals surface area contributed by atoms with Crippen LogP contribution in [0.4, 0.5) is 5.69 Å². The van der Waals surface area contributed by atoms with Crippen molar-refractivity contribution in [1.29, 1.82) is 0 Å². The number of rotatable bonds is 4. The molecule has 5 N–H and O–H groups in total. The Balaban J connectivity index is 2.46. The molecule has 0 saturated carbocycles. The smallest absolute Gasteiger partial charge is 0.269 e. The summed E-state index contributed by atoms with van der Waals surface area (Å²) in [5, 5.41) is 3.95. The molecule has 2 rings (SSSR count). The highest BCUT2D eigenvalue weighted by molar-refractivity contribution is 7.89. The van der Waals surface area contributed by atoms with Gasteiger partial charge in [-0.25, -0.2) is 17.8 Å². The van der Waals surface area contributed by atoms with Crippen LogP contribution in [0.3, 0.4) is 0 Å². The maximum absolute atomic E-state index is 11.6. The van der Waals surface area contributed by atoms with Gasteiger partial charge in [0.05, 0.1) is 16.3 Å². The predicted octanol–water partition coefficient (Wildman–Crippen LogP) is -0.538. The van der Waals surface area contributed by atoms with Crippen molar-refractivity contribution >= 4 is 21.6 Å². The average molecular weight is 295 g/mol. The maximum Gasteiger partial charge on any atom is 0.269 e.